The molecule has 0 aromatic carbocycles. The average molecular weight is 347 g/mol. The van der Waals surface area contributed by atoms with E-state index >= 15 is 0 Å². The lowest BCUT2D eigenvalue weighted by Crippen LogP contribution is -2.36. The van der Waals surface area contributed by atoms with Gasteiger partial charge < -0.3 is 9.47 Å². The minimum Gasteiger partial charge on any atom is -0.356 e. The molecular weight excluding hydrogens is 324 g/mol. The highest BCUT2D eigenvalue weighted by Crippen LogP contribution is 2.33. The van der Waals surface area contributed by atoms with Gasteiger partial charge in [-0.25, -0.2) is 9.97 Å². The number of aromatic nitrogens is 5. The summed E-state index contributed by atoms with van der Waals surface area (Å²) in [6.07, 6.45) is 5.39. The fraction of sp³-hybridized carbons (Fsp3) is 0.647. The van der Waals surface area contributed by atoms with Crippen LogP contribution in [-0.2, 0) is 19.4 Å². The van der Waals surface area contributed by atoms with Crippen LogP contribution in [0.15, 0.2) is 0 Å². The van der Waals surface area contributed by atoms with E-state index in [-0.39, 0.29) is 0 Å². The van der Waals surface area contributed by atoms with Crippen molar-refractivity contribution in [2.45, 2.75) is 58.4 Å². The largest absolute Gasteiger partial charge is 0.356 e. The Morgan fingerprint density at radius 3 is 2.88 bits per heavy atom. The van der Waals surface area contributed by atoms with Crippen LogP contribution in [0.2, 0.25) is 5.15 Å². The Bertz CT molecular complexity index is 756. The van der Waals surface area contributed by atoms with Gasteiger partial charge in [-0.1, -0.05) is 18.5 Å². The van der Waals surface area contributed by atoms with Crippen molar-refractivity contribution >= 4 is 17.4 Å². The van der Waals surface area contributed by atoms with Crippen molar-refractivity contribution in [3.8, 4) is 0 Å². The van der Waals surface area contributed by atoms with Crippen LogP contribution in [-0.4, -0.2) is 37.8 Å². The summed E-state index contributed by atoms with van der Waals surface area (Å²) in [6, 6.07) is 0. The fourth-order valence-electron chi connectivity index (χ4n) is 3.97. The van der Waals surface area contributed by atoms with E-state index in [2.05, 4.69) is 31.6 Å². The fourth-order valence-corrected chi connectivity index (χ4v) is 4.31. The van der Waals surface area contributed by atoms with E-state index in [4.69, 9.17) is 16.6 Å². The third-order valence-corrected chi connectivity index (χ3v) is 5.44. The lowest BCUT2D eigenvalue weighted by Gasteiger charge is -2.34. The molecule has 4 rings (SSSR count). The summed E-state index contributed by atoms with van der Waals surface area (Å²) in [5.41, 5.74) is 1.05. The number of hydrogen-bond donors (Lipinski definition) is 0. The van der Waals surface area contributed by atoms with Crippen molar-refractivity contribution in [2.24, 2.45) is 0 Å². The van der Waals surface area contributed by atoms with E-state index in [1.807, 2.05) is 6.92 Å². The first-order valence-corrected chi connectivity index (χ1v) is 9.25. The number of nitrogens with zero attached hydrogens (tertiary/aromatic N) is 6. The Kier molecular flexibility index (Phi) is 4.16. The smallest absolute Gasteiger partial charge is 0.138 e. The zero-order valence-electron chi connectivity index (χ0n) is 14.3. The lowest BCUT2D eigenvalue weighted by molar-refractivity contribution is 0.470. The second kappa shape index (κ2) is 6.31. The van der Waals surface area contributed by atoms with Gasteiger partial charge in [-0.2, -0.15) is 0 Å². The number of rotatable bonds is 3. The van der Waals surface area contributed by atoms with Gasteiger partial charge in [0, 0.05) is 37.5 Å². The Hall–Kier alpha value is -1.69. The standard InChI is InChI=1S/C17H23ClN6/c1-3-13-15(18)19-11(2)20-17(13)23-8-4-6-12(10-23)16-22-21-14-7-5-9-24(14)16/h12H,3-10H2,1-2H3. The van der Waals surface area contributed by atoms with Crippen LogP contribution in [0.4, 0.5) is 5.82 Å². The molecule has 2 aromatic rings. The molecule has 0 spiro atoms. The van der Waals surface area contributed by atoms with Gasteiger partial charge in [-0.15, -0.1) is 10.2 Å². The van der Waals surface area contributed by atoms with E-state index in [1.165, 1.54) is 6.42 Å². The molecule has 0 saturated carbocycles. The van der Waals surface area contributed by atoms with E-state index < -0.39 is 0 Å². The first-order valence-electron chi connectivity index (χ1n) is 8.87. The third kappa shape index (κ3) is 2.66. The predicted molar refractivity (Wildman–Crippen MR) is 93.7 cm³/mol. The van der Waals surface area contributed by atoms with Crippen LogP contribution < -0.4 is 4.90 Å². The molecule has 0 aliphatic carbocycles. The Morgan fingerprint density at radius 1 is 1.17 bits per heavy atom. The average Bonchev–Trinajstić information content (AvgIpc) is 3.17. The quantitative estimate of drug-likeness (QED) is 0.800. The maximum absolute atomic E-state index is 6.36. The number of aryl methyl sites for hydroxylation is 2. The van der Waals surface area contributed by atoms with Gasteiger partial charge in [0.2, 0.25) is 0 Å². The molecule has 2 aromatic heterocycles. The monoisotopic (exact) mass is 346 g/mol. The van der Waals surface area contributed by atoms with Crippen molar-refractivity contribution in [3.63, 3.8) is 0 Å². The predicted octanol–water partition coefficient (Wildman–Crippen LogP) is 2.92. The number of halogens is 1. The summed E-state index contributed by atoms with van der Waals surface area (Å²) in [4.78, 5) is 11.4. The highest BCUT2D eigenvalue weighted by molar-refractivity contribution is 6.30. The van der Waals surface area contributed by atoms with E-state index in [1.54, 1.807) is 0 Å². The molecule has 128 valence electrons. The maximum Gasteiger partial charge on any atom is 0.138 e. The summed E-state index contributed by atoms with van der Waals surface area (Å²) >= 11 is 6.36. The summed E-state index contributed by atoms with van der Waals surface area (Å²) in [5, 5.41) is 9.46. The molecule has 24 heavy (non-hydrogen) atoms. The highest BCUT2D eigenvalue weighted by atomic mass is 35.5. The molecule has 2 aliphatic heterocycles. The van der Waals surface area contributed by atoms with Gasteiger partial charge >= 0.3 is 0 Å². The van der Waals surface area contributed by atoms with Crippen LogP contribution in [0.5, 0.6) is 0 Å². The number of piperidine rings is 1. The lowest BCUT2D eigenvalue weighted by atomic mass is 9.96. The second-order valence-electron chi connectivity index (χ2n) is 6.73. The normalized spacial score (nSPS) is 20.5. The molecule has 1 unspecified atom stereocenters. The van der Waals surface area contributed by atoms with E-state index in [9.17, 15) is 0 Å². The van der Waals surface area contributed by atoms with Crippen molar-refractivity contribution < 1.29 is 0 Å². The van der Waals surface area contributed by atoms with Crippen molar-refractivity contribution in [2.75, 3.05) is 18.0 Å². The molecule has 7 heteroatoms. The van der Waals surface area contributed by atoms with Gasteiger partial charge in [0.1, 0.15) is 28.4 Å². The highest BCUT2D eigenvalue weighted by Gasteiger charge is 2.30. The Balaban J connectivity index is 1.64. The van der Waals surface area contributed by atoms with Gasteiger partial charge in [0.25, 0.3) is 0 Å². The van der Waals surface area contributed by atoms with Crippen LogP contribution in [0.25, 0.3) is 0 Å². The van der Waals surface area contributed by atoms with Gasteiger partial charge in [0.15, 0.2) is 0 Å². The van der Waals surface area contributed by atoms with Gasteiger partial charge in [-0.3, -0.25) is 0 Å². The van der Waals surface area contributed by atoms with E-state index in [0.717, 1.165) is 74.2 Å². The summed E-state index contributed by atoms with van der Waals surface area (Å²) in [6.45, 7) is 7.01. The number of fused-ring (bicyclic) bond motifs is 1. The molecule has 4 heterocycles. The molecule has 1 saturated heterocycles. The molecule has 1 atom stereocenters. The Morgan fingerprint density at radius 2 is 2.04 bits per heavy atom. The molecule has 0 radical (unpaired) electrons. The minimum absolute atomic E-state index is 0.414. The summed E-state index contributed by atoms with van der Waals surface area (Å²) < 4.78 is 2.33. The van der Waals surface area contributed by atoms with Gasteiger partial charge in [0.05, 0.1) is 0 Å². The Labute approximate surface area is 147 Å². The SMILES string of the molecule is CCc1c(Cl)nc(C)nc1N1CCCC(c2nnc3n2CCC3)C1. The van der Waals surface area contributed by atoms with Crippen LogP contribution in [0, 0.1) is 6.92 Å². The molecule has 2 aliphatic rings. The minimum atomic E-state index is 0.414. The summed E-state index contributed by atoms with van der Waals surface area (Å²) in [7, 11) is 0. The van der Waals surface area contributed by atoms with E-state index in [0.29, 0.717) is 11.1 Å². The molecule has 0 bridgehead atoms. The van der Waals surface area contributed by atoms with Crippen molar-refractivity contribution in [3.05, 3.63) is 28.2 Å². The third-order valence-electron chi connectivity index (χ3n) is 5.12. The summed E-state index contributed by atoms with van der Waals surface area (Å²) in [5.74, 6) is 4.45. The zero-order chi connectivity index (χ0) is 16.7. The topological polar surface area (TPSA) is 59.7 Å². The number of anilines is 1. The van der Waals surface area contributed by atoms with Crippen molar-refractivity contribution in [1.29, 1.82) is 0 Å². The molecule has 0 amide bonds. The van der Waals surface area contributed by atoms with Crippen LogP contribution in [0.3, 0.4) is 0 Å². The van der Waals surface area contributed by atoms with Gasteiger partial charge in [-0.05, 0) is 32.6 Å². The van der Waals surface area contributed by atoms with Crippen molar-refractivity contribution in [1.82, 2.24) is 24.7 Å². The molecule has 6 nitrogen and oxygen atoms in total. The first-order chi connectivity index (χ1) is 11.7. The molecule has 0 N–H and O–H groups in total. The molecular formula is C17H23ClN6. The maximum atomic E-state index is 6.36. The van der Waals surface area contributed by atoms with Crippen LogP contribution >= 0.6 is 11.6 Å². The number of hydrogen-bond acceptors (Lipinski definition) is 5. The van der Waals surface area contributed by atoms with Crippen LogP contribution in [0.1, 0.15) is 55.1 Å². The molecule has 1 fully saturated rings. The first kappa shape index (κ1) is 15.8. The zero-order valence-corrected chi connectivity index (χ0v) is 15.1. The second-order valence-corrected chi connectivity index (χ2v) is 7.09.